The number of hydrogen-bond acceptors (Lipinski definition) is 5. The Morgan fingerprint density at radius 2 is 1.81 bits per heavy atom. The van der Waals surface area contributed by atoms with Crippen LogP contribution in [0.25, 0.3) is 0 Å². The second-order valence-corrected chi connectivity index (χ2v) is 8.30. The molecule has 8 heteroatoms. The van der Waals surface area contributed by atoms with Gasteiger partial charge in [0.15, 0.2) is 0 Å². The number of nitrogens with one attached hydrogen (secondary N) is 1. The molecule has 1 saturated heterocycles. The predicted molar refractivity (Wildman–Crippen MR) is 98.4 cm³/mol. The van der Waals surface area contributed by atoms with Gasteiger partial charge in [0.25, 0.3) is 0 Å². The Morgan fingerprint density at radius 3 is 2.42 bits per heavy atom. The van der Waals surface area contributed by atoms with Crippen molar-refractivity contribution in [2.24, 2.45) is 0 Å². The summed E-state index contributed by atoms with van der Waals surface area (Å²) in [5, 5.41) is 2.77. The highest BCUT2D eigenvalue weighted by Crippen LogP contribution is 2.20. The number of carbonyl (C=O) groups is 1. The molecule has 0 aliphatic carbocycles. The van der Waals surface area contributed by atoms with Crippen LogP contribution in [-0.4, -0.2) is 56.8 Å². The van der Waals surface area contributed by atoms with Crippen LogP contribution in [0.4, 0.5) is 5.69 Å². The first kappa shape index (κ1) is 18.6. The molecule has 2 aromatic rings. The maximum absolute atomic E-state index is 12.7. The summed E-state index contributed by atoms with van der Waals surface area (Å²) in [4.78, 5) is 14.3. The lowest BCUT2D eigenvalue weighted by Gasteiger charge is -2.31. The Kier molecular flexibility index (Phi) is 5.75. The van der Waals surface area contributed by atoms with E-state index in [4.69, 9.17) is 4.42 Å². The van der Waals surface area contributed by atoms with Crippen molar-refractivity contribution in [1.29, 1.82) is 0 Å². The van der Waals surface area contributed by atoms with Gasteiger partial charge in [0.1, 0.15) is 5.76 Å². The molecule has 2 heterocycles. The first-order valence-electron chi connectivity index (χ1n) is 8.56. The summed E-state index contributed by atoms with van der Waals surface area (Å²) in [7, 11) is -1.51. The number of amides is 1. The van der Waals surface area contributed by atoms with Gasteiger partial charge >= 0.3 is 0 Å². The molecule has 0 spiro atoms. The van der Waals surface area contributed by atoms with Crippen molar-refractivity contribution in [2.75, 3.05) is 38.5 Å². The van der Waals surface area contributed by atoms with Crippen LogP contribution >= 0.6 is 0 Å². The number of nitrogens with zero attached hydrogens (tertiary/aromatic N) is 2. The zero-order chi connectivity index (χ0) is 18.6. The minimum Gasteiger partial charge on any atom is -0.469 e. The molecule has 0 atom stereocenters. The molecule has 26 heavy (non-hydrogen) atoms. The number of sulfonamides is 1. The Hall–Kier alpha value is -2.16. The molecule has 1 N–H and O–H groups in total. The molecule has 0 bridgehead atoms. The van der Waals surface area contributed by atoms with Gasteiger partial charge < -0.3 is 14.6 Å². The van der Waals surface area contributed by atoms with Gasteiger partial charge in [-0.05, 0) is 43.4 Å². The van der Waals surface area contributed by atoms with Gasteiger partial charge in [-0.15, -0.1) is 0 Å². The number of benzene rings is 1. The van der Waals surface area contributed by atoms with E-state index >= 15 is 0 Å². The Bertz CT molecular complexity index is 824. The molecule has 1 amide bonds. The van der Waals surface area contributed by atoms with Crippen molar-refractivity contribution in [1.82, 2.24) is 9.21 Å². The van der Waals surface area contributed by atoms with Crippen LogP contribution in [0.2, 0.25) is 0 Å². The zero-order valence-electron chi connectivity index (χ0n) is 14.7. The first-order valence-corrected chi connectivity index (χ1v) is 10.00. The second kappa shape index (κ2) is 8.03. The molecule has 7 nitrogen and oxygen atoms in total. The average molecular weight is 377 g/mol. The molecule has 0 saturated carbocycles. The molecule has 1 aliphatic heterocycles. The molecule has 3 rings (SSSR count). The van der Waals surface area contributed by atoms with E-state index in [0.717, 1.165) is 18.8 Å². The molecule has 1 aromatic heterocycles. The number of rotatable bonds is 6. The molecule has 1 aromatic carbocycles. The van der Waals surface area contributed by atoms with Crippen LogP contribution < -0.4 is 5.32 Å². The third kappa shape index (κ3) is 4.51. The molecular weight excluding hydrogens is 354 g/mol. The SMILES string of the molecule is CN1CCN(S(=O)(=O)c2ccc(NC(=O)CCc3ccco3)cc2)CC1. The topological polar surface area (TPSA) is 82.9 Å². The van der Waals surface area contributed by atoms with Crippen molar-refractivity contribution in [2.45, 2.75) is 17.7 Å². The molecule has 1 fully saturated rings. The van der Waals surface area contributed by atoms with Crippen LogP contribution in [0.15, 0.2) is 52.0 Å². The quantitative estimate of drug-likeness (QED) is 0.830. The Labute approximate surface area is 153 Å². The van der Waals surface area contributed by atoms with Gasteiger partial charge in [-0.3, -0.25) is 4.79 Å². The monoisotopic (exact) mass is 377 g/mol. The Balaban J connectivity index is 1.58. The normalized spacial score (nSPS) is 16.5. The standard InChI is InChI=1S/C18H23N3O4S/c1-20-10-12-21(13-11-20)26(23,24)17-7-4-15(5-8-17)19-18(22)9-6-16-3-2-14-25-16/h2-5,7-8,14H,6,9-13H2,1H3,(H,19,22). The number of piperazine rings is 1. The van der Waals surface area contributed by atoms with Crippen LogP contribution in [0.5, 0.6) is 0 Å². The smallest absolute Gasteiger partial charge is 0.243 e. The summed E-state index contributed by atoms with van der Waals surface area (Å²) in [6, 6.07) is 9.92. The molecule has 0 unspecified atom stereocenters. The lowest BCUT2D eigenvalue weighted by atomic mass is 10.2. The van der Waals surface area contributed by atoms with Crippen LogP contribution in [0, 0.1) is 0 Å². The fourth-order valence-electron chi connectivity index (χ4n) is 2.80. The number of carbonyl (C=O) groups excluding carboxylic acids is 1. The largest absolute Gasteiger partial charge is 0.469 e. The summed E-state index contributed by atoms with van der Waals surface area (Å²) >= 11 is 0. The van der Waals surface area contributed by atoms with E-state index in [2.05, 4.69) is 10.2 Å². The second-order valence-electron chi connectivity index (χ2n) is 6.36. The van der Waals surface area contributed by atoms with Crippen molar-refractivity contribution >= 4 is 21.6 Å². The molecule has 1 aliphatic rings. The van der Waals surface area contributed by atoms with Gasteiger partial charge in [-0.1, -0.05) is 0 Å². The number of anilines is 1. The first-order chi connectivity index (χ1) is 12.4. The van der Waals surface area contributed by atoms with E-state index in [1.807, 2.05) is 13.1 Å². The maximum atomic E-state index is 12.7. The lowest BCUT2D eigenvalue weighted by Crippen LogP contribution is -2.46. The third-order valence-electron chi connectivity index (χ3n) is 4.42. The number of likely N-dealkylation sites (N-methyl/N-ethyl adjacent to an activating group) is 1. The summed E-state index contributed by atoms with van der Waals surface area (Å²) in [6.45, 7) is 2.43. The molecule has 140 valence electrons. The van der Waals surface area contributed by atoms with Gasteiger partial charge in [-0.25, -0.2) is 8.42 Å². The number of furan rings is 1. The maximum Gasteiger partial charge on any atom is 0.243 e. The van der Waals surface area contributed by atoms with Crippen LogP contribution in [0.1, 0.15) is 12.2 Å². The van der Waals surface area contributed by atoms with Crippen molar-refractivity contribution in [3.05, 3.63) is 48.4 Å². The fraction of sp³-hybridized carbons (Fsp3) is 0.389. The number of hydrogen-bond donors (Lipinski definition) is 1. The highest BCUT2D eigenvalue weighted by atomic mass is 32.2. The van der Waals surface area contributed by atoms with Gasteiger partial charge in [0.2, 0.25) is 15.9 Å². The van der Waals surface area contributed by atoms with E-state index in [1.54, 1.807) is 24.5 Å². The van der Waals surface area contributed by atoms with Crippen molar-refractivity contribution < 1.29 is 17.6 Å². The minimum absolute atomic E-state index is 0.143. The van der Waals surface area contributed by atoms with Gasteiger partial charge in [-0.2, -0.15) is 4.31 Å². The molecular formula is C18H23N3O4S. The van der Waals surface area contributed by atoms with Gasteiger partial charge in [0, 0.05) is 44.7 Å². The van der Waals surface area contributed by atoms with E-state index in [1.165, 1.54) is 16.4 Å². The van der Waals surface area contributed by atoms with Crippen molar-refractivity contribution in [3.8, 4) is 0 Å². The van der Waals surface area contributed by atoms with E-state index in [0.29, 0.717) is 31.6 Å². The molecule has 0 radical (unpaired) electrons. The van der Waals surface area contributed by atoms with Gasteiger partial charge in [0.05, 0.1) is 11.2 Å². The van der Waals surface area contributed by atoms with E-state index < -0.39 is 10.0 Å². The minimum atomic E-state index is -3.49. The average Bonchev–Trinajstić information content (AvgIpc) is 3.14. The fourth-order valence-corrected chi connectivity index (χ4v) is 4.22. The number of aryl methyl sites for hydroxylation is 1. The summed E-state index contributed by atoms with van der Waals surface area (Å²) in [5.41, 5.74) is 0.576. The van der Waals surface area contributed by atoms with Crippen molar-refractivity contribution in [3.63, 3.8) is 0 Å². The Morgan fingerprint density at radius 1 is 1.12 bits per heavy atom. The lowest BCUT2D eigenvalue weighted by molar-refractivity contribution is -0.116. The van der Waals surface area contributed by atoms with Crippen LogP contribution in [0.3, 0.4) is 0 Å². The van der Waals surface area contributed by atoms with E-state index in [-0.39, 0.29) is 10.8 Å². The highest BCUT2D eigenvalue weighted by molar-refractivity contribution is 7.89. The predicted octanol–water partition coefficient (Wildman–Crippen LogP) is 1.79. The summed E-state index contributed by atoms with van der Waals surface area (Å²) in [6.07, 6.45) is 2.40. The summed E-state index contributed by atoms with van der Waals surface area (Å²) < 4.78 is 32.0. The van der Waals surface area contributed by atoms with Crippen LogP contribution in [-0.2, 0) is 21.2 Å². The zero-order valence-corrected chi connectivity index (χ0v) is 15.5. The summed E-state index contributed by atoms with van der Waals surface area (Å²) in [5.74, 6) is 0.616. The van der Waals surface area contributed by atoms with E-state index in [9.17, 15) is 13.2 Å². The third-order valence-corrected chi connectivity index (χ3v) is 6.33. The highest BCUT2D eigenvalue weighted by Gasteiger charge is 2.27.